The van der Waals surface area contributed by atoms with Crippen LogP contribution in [0.15, 0.2) is 12.2 Å². The number of carboxylic acids is 1. The number of carbonyl (C=O) groups is 1. The van der Waals surface area contributed by atoms with E-state index in [1.807, 2.05) is 32.9 Å². The predicted octanol–water partition coefficient (Wildman–Crippen LogP) is 1.75. The lowest BCUT2D eigenvalue weighted by molar-refractivity contribution is -0.138. The topological polar surface area (TPSA) is 40.5 Å². The molecule has 1 N–H and O–H groups in total. The number of aliphatic carboxylic acids is 1. The first-order valence-electron chi connectivity index (χ1n) is 4.68. The minimum absolute atomic E-state index is 0.110. The Hall–Kier alpha value is -0.830. The molecule has 1 atom stereocenters. The molecule has 0 heterocycles. The molecular formula is C10H19NO2. The molecule has 0 aromatic heterocycles. The smallest absolute Gasteiger partial charge is 0.304 e. The SMILES string of the molecule is CC=CCN(CC)C(C)CC(=O)O. The van der Waals surface area contributed by atoms with Crippen molar-refractivity contribution >= 4 is 5.97 Å². The summed E-state index contributed by atoms with van der Waals surface area (Å²) in [6.45, 7) is 7.68. The van der Waals surface area contributed by atoms with E-state index in [9.17, 15) is 4.79 Å². The van der Waals surface area contributed by atoms with Crippen molar-refractivity contribution in [3.05, 3.63) is 12.2 Å². The van der Waals surface area contributed by atoms with Gasteiger partial charge in [0.1, 0.15) is 0 Å². The fourth-order valence-electron chi connectivity index (χ4n) is 1.24. The molecule has 0 amide bonds. The zero-order valence-electron chi connectivity index (χ0n) is 8.66. The molecule has 1 unspecified atom stereocenters. The third-order valence-corrected chi connectivity index (χ3v) is 2.08. The molecule has 0 aliphatic heterocycles. The fraction of sp³-hybridized carbons (Fsp3) is 0.700. The van der Waals surface area contributed by atoms with E-state index in [1.165, 1.54) is 0 Å². The Kier molecular flexibility index (Phi) is 6.24. The molecule has 0 saturated carbocycles. The van der Waals surface area contributed by atoms with Crippen molar-refractivity contribution in [2.45, 2.75) is 33.2 Å². The summed E-state index contributed by atoms with van der Waals surface area (Å²) < 4.78 is 0. The number of nitrogens with zero attached hydrogens (tertiary/aromatic N) is 1. The first kappa shape index (κ1) is 12.2. The molecule has 76 valence electrons. The van der Waals surface area contributed by atoms with Gasteiger partial charge in [0.25, 0.3) is 0 Å². The highest BCUT2D eigenvalue weighted by Crippen LogP contribution is 2.03. The van der Waals surface area contributed by atoms with Gasteiger partial charge in [-0.2, -0.15) is 0 Å². The summed E-state index contributed by atoms with van der Waals surface area (Å²) in [6, 6.07) is 0.110. The summed E-state index contributed by atoms with van der Waals surface area (Å²) in [5.41, 5.74) is 0. The summed E-state index contributed by atoms with van der Waals surface area (Å²) in [5, 5.41) is 8.61. The lowest BCUT2D eigenvalue weighted by Gasteiger charge is -2.25. The molecule has 0 fully saturated rings. The second kappa shape index (κ2) is 6.66. The van der Waals surface area contributed by atoms with E-state index in [0.29, 0.717) is 0 Å². The predicted molar refractivity (Wildman–Crippen MR) is 53.8 cm³/mol. The van der Waals surface area contributed by atoms with Crippen molar-refractivity contribution in [3.8, 4) is 0 Å². The highest BCUT2D eigenvalue weighted by molar-refractivity contribution is 5.67. The number of hydrogen-bond donors (Lipinski definition) is 1. The maximum absolute atomic E-state index is 10.5. The number of likely N-dealkylation sites (N-methyl/N-ethyl adjacent to an activating group) is 1. The van der Waals surface area contributed by atoms with Crippen LogP contribution >= 0.6 is 0 Å². The van der Waals surface area contributed by atoms with Crippen LogP contribution in [0.1, 0.15) is 27.2 Å². The van der Waals surface area contributed by atoms with E-state index in [2.05, 4.69) is 4.90 Å². The third kappa shape index (κ3) is 5.42. The highest BCUT2D eigenvalue weighted by Gasteiger charge is 2.13. The molecular weight excluding hydrogens is 166 g/mol. The molecule has 0 bridgehead atoms. The normalized spacial score (nSPS) is 13.8. The zero-order chi connectivity index (χ0) is 10.3. The van der Waals surface area contributed by atoms with E-state index in [-0.39, 0.29) is 12.5 Å². The molecule has 3 nitrogen and oxygen atoms in total. The summed E-state index contributed by atoms with van der Waals surface area (Å²) in [4.78, 5) is 12.6. The largest absolute Gasteiger partial charge is 0.481 e. The van der Waals surface area contributed by atoms with Gasteiger partial charge in [-0.05, 0) is 20.4 Å². The monoisotopic (exact) mass is 185 g/mol. The number of rotatable bonds is 6. The third-order valence-electron chi connectivity index (χ3n) is 2.08. The van der Waals surface area contributed by atoms with Gasteiger partial charge in [0.05, 0.1) is 6.42 Å². The maximum atomic E-state index is 10.5. The Morgan fingerprint density at radius 2 is 2.23 bits per heavy atom. The van der Waals surface area contributed by atoms with E-state index < -0.39 is 5.97 Å². The van der Waals surface area contributed by atoms with Crippen molar-refractivity contribution in [2.24, 2.45) is 0 Å². The van der Waals surface area contributed by atoms with Crippen LogP contribution in [0.2, 0.25) is 0 Å². The molecule has 0 aromatic rings. The van der Waals surface area contributed by atoms with Crippen LogP contribution in [0.25, 0.3) is 0 Å². The van der Waals surface area contributed by atoms with Crippen molar-refractivity contribution in [2.75, 3.05) is 13.1 Å². The van der Waals surface area contributed by atoms with Gasteiger partial charge in [-0.25, -0.2) is 0 Å². The molecule has 0 spiro atoms. The quantitative estimate of drug-likeness (QED) is 0.641. The van der Waals surface area contributed by atoms with Gasteiger partial charge in [0.2, 0.25) is 0 Å². The van der Waals surface area contributed by atoms with Crippen LogP contribution < -0.4 is 0 Å². The molecule has 0 aliphatic carbocycles. The van der Waals surface area contributed by atoms with E-state index in [1.54, 1.807) is 0 Å². The Morgan fingerprint density at radius 1 is 1.62 bits per heavy atom. The molecule has 13 heavy (non-hydrogen) atoms. The number of carboxylic acid groups (broad SMARTS) is 1. The molecule has 3 heteroatoms. The molecule has 0 saturated heterocycles. The Labute approximate surface area is 80.0 Å². The maximum Gasteiger partial charge on any atom is 0.304 e. The van der Waals surface area contributed by atoms with Crippen LogP contribution in [-0.4, -0.2) is 35.1 Å². The molecule has 0 radical (unpaired) electrons. The first-order chi connectivity index (χ1) is 6.11. The minimum atomic E-state index is -0.730. The van der Waals surface area contributed by atoms with Gasteiger partial charge in [-0.1, -0.05) is 19.1 Å². The lowest BCUT2D eigenvalue weighted by atomic mass is 10.2. The first-order valence-corrected chi connectivity index (χ1v) is 4.68. The van der Waals surface area contributed by atoms with Crippen LogP contribution in [0, 0.1) is 0 Å². The summed E-state index contributed by atoms with van der Waals surface area (Å²) in [5.74, 6) is -0.730. The number of allylic oxidation sites excluding steroid dienone is 1. The summed E-state index contributed by atoms with van der Waals surface area (Å²) in [6.07, 6.45) is 4.24. The Balaban J connectivity index is 3.98. The fourth-order valence-corrected chi connectivity index (χ4v) is 1.24. The molecule has 0 aromatic carbocycles. The summed E-state index contributed by atoms with van der Waals surface area (Å²) >= 11 is 0. The minimum Gasteiger partial charge on any atom is -0.481 e. The van der Waals surface area contributed by atoms with Crippen molar-refractivity contribution in [1.29, 1.82) is 0 Å². The van der Waals surface area contributed by atoms with Gasteiger partial charge < -0.3 is 5.11 Å². The van der Waals surface area contributed by atoms with Crippen LogP contribution in [-0.2, 0) is 4.79 Å². The van der Waals surface area contributed by atoms with E-state index in [4.69, 9.17) is 5.11 Å². The van der Waals surface area contributed by atoms with E-state index in [0.717, 1.165) is 13.1 Å². The molecule has 0 rings (SSSR count). The van der Waals surface area contributed by atoms with E-state index >= 15 is 0 Å². The Morgan fingerprint density at radius 3 is 2.62 bits per heavy atom. The van der Waals surface area contributed by atoms with Gasteiger partial charge in [-0.3, -0.25) is 9.69 Å². The van der Waals surface area contributed by atoms with Crippen molar-refractivity contribution < 1.29 is 9.90 Å². The van der Waals surface area contributed by atoms with Crippen LogP contribution in [0.5, 0.6) is 0 Å². The molecule has 0 aliphatic rings. The van der Waals surface area contributed by atoms with Gasteiger partial charge in [0, 0.05) is 12.6 Å². The van der Waals surface area contributed by atoms with Gasteiger partial charge >= 0.3 is 5.97 Å². The second-order valence-corrected chi connectivity index (χ2v) is 3.10. The van der Waals surface area contributed by atoms with Crippen LogP contribution in [0.3, 0.4) is 0 Å². The number of hydrogen-bond acceptors (Lipinski definition) is 2. The standard InChI is InChI=1S/C10H19NO2/c1-4-6-7-11(5-2)9(3)8-10(12)13/h4,6,9H,5,7-8H2,1-3H3,(H,12,13). The lowest BCUT2D eigenvalue weighted by Crippen LogP contribution is -2.34. The van der Waals surface area contributed by atoms with Crippen molar-refractivity contribution in [3.63, 3.8) is 0 Å². The second-order valence-electron chi connectivity index (χ2n) is 3.10. The summed E-state index contributed by atoms with van der Waals surface area (Å²) in [7, 11) is 0. The van der Waals surface area contributed by atoms with Crippen molar-refractivity contribution in [1.82, 2.24) is 4.90 Å². The average molecular weight is 185 g/mol. The van der Waals surface area contributed by atoms with Gasteiger partial charge in [-0.15, -0.1) is 0 Å². The zero-order valence-corrected chi connectivity index (χ0v) is 8.66. The highest BCUT2D eigenvalue weighted by atomic mass is 16.4. The van der Waals surface area contributed by atoms with Gasteiger partial charge in [0.15, 0.2) is 0 Å². The average Bonchev–Trinajstić information content (AvgIpc) is 2.04. The Bertz CT molecular complexity index is 178. The van der Waals surface area contributed by atoms with Crippen LogP contribution in [0.4, 0.5) is 0 Å².